The molecule has 110 valence electrons. The van der Waals surface area contributed by atoms with Crippen molar-refractivity contribution in [2.24, 2.45) is 5.73 Å². The first-order valence-electron chi connectivity index (χ1n) is 6.01. The minimum absolute atomic E-state index is 0.212. The van der Waals surface area contributed by atoms with Gasteiger partial charge in [-0.2, -0.15) is 0 Å². The van der Waals surface area contributed by atoms with Gasteiger partial charge in [-0.05, 0) is 17.7 Å². The molecule has 0 bridgehead atoms. The highest BCUT2D eigenvalue weighted by Gasteiger charge is 2.16. The summed E-state index contributed by atoms with van der Waals surface area (Å²) in [6.07, 6.45) is -1.38. The highest BCUT2D eigenvalue weighted by molar-refractivity contribution is 5.79. The summed E-state index contributed by atoms with van der Waals surface area (Å²) >= 11 is 0. The van der Waals surface area contributed by atoms with Crippen LogP contribution in [0.15, 0.2) is 24.3 Å². The molecule has 0 saturated carbocycles. The topological polar surface area (TPSA) is 111 Å². The Morgan fingerprint density at radius 2 is 2.00 bits per heavy atom. The number of amides is 1. The van der Waals surface area contributed by atoms with Crippen LogP contribution in [-0.2, 0) is 20.9 Å². The summed E-state index contributed by atoms with van der Waals surface area (Å²) in [4.78, 5) is 22.3. The van der Waals surface area contributed by atoms with Gasteiger partial charge in [0.1, 0.15) is 5.75 Å². The lowest BCUT2D eigenvalue weighted by Gasteiger charge is -2.10. The average Bonchev–Trinajstić information content (AvgIpc) is 2.50. The van der Waals surface area contributed by atoms with Gasteiger partial charge in [0.05, 0.1) is 13.7 Å². The van der Waals surface area contributed by atoms with Gasteiger partial charge in [-0.3, -0.25) is 4.79 Å². The van der Waals surface area contributed by atoms with Crippen molar-refractivity contribution in [3.63, 3.8) is 0 Å². The smallest absolute Gasteiger partial charge is 0.336 e. The summed E-state index contributed by atoms with van der Waals surface area (Å²) in [5.41, 5.74) is 6.42. The molecule has 0 fully saturated rings. The molecule has 7 heteroatoms. The first-order valence-corrected chi connectivity index (χ1v) is 6.01. The van der Waals surface area contributed by atoms with Gasteiger partial charge >= 0.3 is 5.97 Å². The van der Waals surface area contributed by atoms with E-state index in [-0.39, 0.29) is 13.2 Å². The Balaban J connectivity index is 2.30. The van der Waals surface area contributed by atoms with E-state index in [0.29, 0.717) is 12.3 Å². The van der Waals surface area contributed by atoms with E-state index in [4.69, 9.17) is 10.5 Å². The molecule has 0 aliphatic carbocycles. The van der Waals surface area contributed by atoms with Crippen molar-refractivity contribution in [3.05, 3.63) is 29.8 Å². The Labute approximate surface area is 116 Å². The third kappa shape index (κ3) is 5.25. The first-order chi connectivity index (χ1) is 9.56. The molecule has 1 atom stereocenters. The molecule has 0 heterocycles. The lowest BCUT2D eigenvalue weighted by molar-refractivity contribution is -0.150. The second-order valence-corrected chi connectivity index (χ2v) is 3.98. The Hall–Kier alpha value is -2.12. The number of methoxy groups -OCH3 is 1. The summed E-state index contributed by atoms with van der Waals surface area (Å²) in [5, 5.41) is 11.6. The number of carbonyl (C=O) groups excluding carboxylic acids is 2. The molecular weight excluding hydrogens is 264 g/mol. The van der Waals surface area contributed by atoms with Gasteiger partial charge in [-0.1, -0.05) is 12.1 Å². The highest BCUT2D eigenvalue weighted by Crippen LogP contribution is 2.11. The summed E-state index contributed by atoms with van der Waals surface area (Å²) in [6.45, 7) is 0.00300. The normalized spacial score (nSPS) is 11.6. The van der Waals surface area contributed by atoms with Crippen LogP contribution in [0.4, 0.5) is 0 Å². The monoisotopic (exact) mass is 282 g/mol. The molecule has 0 aliphatic rings. The van der Waals surface area contributed by atoms with Crippen LogP contribution in [0.1, 0.15) is 5.56 Å². The number of ether oxygens (including phenoxy) is 2. The lowest BCUT2D eigenvalue weighted by Crippen LogP contribution is -2.39. The van der Waals surface area contributed by atoms with Gasteiger partial charge in [-0.25, -0.2) is 4.79 Å². The van der Waals surface area contributed by atoms with Crippen LogP contribution >= 0.6 is 0 Å². The van der Waals surface area contributed by atoms with E-state index < -0.39 is 18.0 Å². The van der Waals surface area contributed by atoms with Crippen molar-refractivity contribution in [2.45, 2.75) is 12.6 Å². The zero-order valence-electron chi connectivity index (χ0n) is 11.2. The molecule has 0 saturated heterocycles. The average molecular weight is 282 g/mol. The molecule has 1 amide bonds. The molecule has 0 aliphatic heterocycles. The maximum absolute atomic E-state index is 11.4. The molecule has 1 aromatic carbocycles. The van der Waals surface area contributed by atoms with Crippen LogP contribution in [-0.4, -0.2) is 43.3 Å². The summed E-state index contributed by atoms with van der Waals surface area (Å²) in [5.74, 6) is -0.717. The van der Waals surface area contributed by atoms with Gasteiger partial charge in [0.25, 0.3) is 5.91 Å². The van der Waals surface area contributed by atoms with Crippen LogP contribution in [0, 0.1) is 0 Å². The molecule has 4 N–H and O–H groups in total. The van der Waals surface area contributed by atoms with E-state index in [0.717, 1.165) is 12.7 Å². The second kappa shape index (κ2) is 8.13. The van der Waals surface area contributed by atoms with Crippen LogP contribution in [0.5, 0.6) is 5.75 Å². The zero-order valence-corrected chi connectivity index (χ0v) is 11.2. The molecule has 1 aromatic rings. The molecule has 0 spiro atoms. The predicted molar refractivity (Wildman–Crippen MR) is 70.9 cm³/mol. The summed E-state index contributed by atoms with van der Waals surface area (Å²) in [7, 11) is 1.15. The third-order valence-corrected chi connectivity index (χ3v) is 2.49. The van der Waals surface area contributed by atoms with Crippen molar-refractivity contribution in [1.29, 1.82) is 0 Å². The molecule has 0 aromatic heterocycles. The second-order valence-electron chi connectivity index (χ2n) is 3.98. The number of hydrogen-bond donors (Lipinski definition) is 3. The number of rotatable bonds is 7. The predicted octanol–water partition coefficient (Wildman–Crippen LogP) is -0.826. The number of aliphatic hydroxyl groups is 1. The number of carbonyl (C=O) groups is 2. The number of nitrogens with two attached hydrogens (primary N) is 1. The van der Waals surface area contributed by atoms with Crippen molar-refractivity contribution in [3.8, 4) is 5.75 Å². The molecule has 7 nitrogen and oxygen atoms in total. The minimum atomic E-state index is -1.38. The highest BCUT2D eigenvalue weighted by atomic mass is 16.5. The third-order valence-electron chi connectivity index (χ3n) is 2.49. The van der Waals surface area contributed by atoms with Gasteiger partial charge < -0.3 is 25.6 Å². The number of aliphatic hydroxyl groups excluding tert-OH is 1. The molecular formula is C13H18N2O5. The maximum Gasteiger partial charge on any atom is 0.336 e. The SMILES string of the molecule is COC(=O)C(O)CNC(=O)COc1ccc(CN)cc1. The summed E-state index contributed by atoms with van der Waals surface area (Å²) in [6, 6.07) is 7.01. The van der Waals surface area contributed by atoms with Crippen molar-refractivity contribution in [2.75, 3.05) is 20.3 Å². The van der Waals surface area contributed by atoms with Crippen LogP contribution in [0.3, 0.4) is 0 Å². The fourth-order valence-electron chi connectivity index (χ4n) is 1.35. The zero-order chi connectivity index (χ0) is 15.0. The Bertz CT molecular complexity index is 447. The van der Waals surface area contributed by atoms with Crippen LogP contribution in [0.25, 0.3) is 0 Å². The van der Waals surface area contributed by atoms with E-state index in [2.05, 4.69) is 10.1 Å². The fourth-order valence-corrected chi connectivity index (χ4v) is 1.35. The number of benzene rings is 1. The van der Waals surface area contributed by atoms with E-state index >= 15 is 0 Å². The van der Waals surface area contributed by atoms with E-state index in [1.165, 1.54) is 0 Å². The van der Waals surface area contributed by atoms with Crippen molar-refractivity contribution in [1.82, 2.24) is 5.32 Å². The number of nitrogens with one attached hydrogen (secondary N) is 1. The van der Waals surface area contributed by atoms with E-state index in [9.17, 15) is 14.7 Å². The van der Waals surface area contributed by atoms with E-state index in [1.54, 1.807) is 24.3 Å². The standard InChI is InChI=1S/C13H18N2O5/c1-19-13(18)11(16)7-15-12(17)8-20-10-4-2-9(6-14)3-5-10/h2-5,11,16H,6-8,14H2,1H3,(H,15,17). The Morgan fingerprint density at radius 3 is 2.55 bits per heavy atom. The maximum atomic E-state index is 11.4. The van der Waals surface area contributed by atoms with Gasteiger partial charge in [0, 0.05) is 6.54 Å². The number of hydrogen-bond acceptors (Lipinski definition) is 6. The molecule has 0 radical (unpaired) electrons. The van der Waals surface area contributed by atoms with Crippen molar-refractivity contribution < 1.29 is 24.2 Å². The van der Waals surface area contributed by atoms with Gasteiger partial charge in [0.2, 0.25) is 0 Å². The van der Waals surface area contributed by atoms with Crippen molar-refractivity contribution >= 4 is 11.9 Å². The van der Waals surface area contributed by atoms with Crippen LogP contribution < -0.4 is 15.8 Å². The van der Waals surface area contributed by atoms with Crippen LogP contribution in [0.2, 0.25) is 0 Å². The quantitative estimate of drug-likeness (QED) is 0.563. The Morgan fingerprint density at radius 1 is 1.35 bits per heavy atom. The van der Waals surface area contributed by atoms with E-state index in [1.807, 2.05) is 0 Å². The molecule has 20 heavy (non-hydrogen) atoms. The lowest BCUT2D eigenvalue weighted by atomic mass is 10.2. The van der Waals surface area contributed by atoms with Gasteiger partial charge in [-0.15, -0.1) is 0 Å². The first kappa shape index (κ1) is 15.9. The molecule has 1 unspecified atom stereocenters. The largest absolute Gasteiger partial charge is 0.484 e. The summed E-state index contributed by atoms with van der Waals surface area (Å²) < 4.78 is 9.55. The van der Waals surface area contributed by atoms with Gasteiger partial charge in [0.15, 0.2) is 12.7 Å². The minimum Gasteiger partial charge on any atom is -0.484 e. The Kier molecular flexibility index (Phi) is 6.48. The fraction of sp³-hybridized carbons (Fsp3) is 0.385. The number of esters is 1. The molecule has 1 rings (SSSR count).